The number of hydrogen-bond donors (Lipinski definition) is 1. The maximum absolute atomic E-state index is 12.7. The van der Waals surface area contributed by atoms with Crippen molar-refractivity contribution in [3.63, 3.8) is 0 Å². The third-order valence-electron chi connectivity index (χ3n) is 5.17. The van der Waals surface area contributed by atoms with Crippen LogP contribution in [0.5, 0.6) is 5.75 Å². The highest BCUT2D eigenvalue weighted by atomic mass is 16.5. The molecule has 0 spiro atoms. The standard InChI is InChI=1S/C24H23NO2/c1-27-23-16-21-10-6-5-9-20(21)15-22(23)25-24(26)19-13-11-18(12-14-19)17-7-3-2-4-8-17/h2-4,7-8,11-16H,5-6,9-10H2,1H3,(H,25,26). The molecule has 27 heavy (non-hydrogen) atoms. The summed E-state index contributed by atoms with van der Waals surface area (Å²) in [7, 11) is 1.65. The van der Waals surface area contributed by atoms with Crippen LogP contribution in [0.2, 0.25) is 0 Å². The summed E-state index contributed by atoms with van der Waals surface area (Å²) in [4.78, 5) is 12.7. The molecule has 3 heteroatoms. The minimum Gasteiger partial charge on any atom is -0.495 e. The van der Waals surface area contributed by atoms with E-state index in [1.54, 1.807) is 7.11 Å². The Morgan fingerprint density at radius 1 is 0.852 bits per heavy atom. The summed E-state index contributed by atoms with van der Waals surface area (Å²) in [5.41, 5.74) is 6.27. The number of anilines is 1. The Labute approximate surface area is 160 Å². The van der Waals surface area contributed by atoms with Gasteiger partial charge in [-0.2, -0.15) is 0 Å². The maximum Gasteiger partial charge on any atom is 0.255 e. The lowest BCUT2D eigenvalue weighted by Crippen LogP contribution is -2.14. The first-order valence-corrected chi connectivity index (χ1v) is 9.41. The third-order valence-corrected chi connectivity index (χ3v) is 5.17. The van der Waals surface area contributed by atoms with Crippen molar-refractivity contribution in [3.05, 3.63) is 83.4 Å². The van der Waals surface area contributed by atoms with Crippen LogP contribution in [-0.2, 0) is 12.8 Å². The molecule has 0 aliphatic heterocycles. The van der Waals surface area contributed by atoms with Gasteiger partial charge >= 0.3 is 0 Å². The van der Waals surface area contributed by atoms with Gasteiger partial charge in [-0.15, -0.1) is 0 Å². The topological polar surface area (TPSA) is 38.3 Å². The molecular weight excluding hydrogens is 334 g/mol. The predicted molar refractivity (Wildman–Crippen MR) is 109 cm³/mol. The molecule has 3 aromatic rings. The van der Waals surface area contributed by atoms with Crippen LogP contribution in [0, 0.1) is 0 Å². The summed E-state index contributed by atoms with van der Waals surface area (Å²) in [5.74, 6) is 0.605. The van der Waals surface area contributed by atoms with Crippen LogP contribution in [0.4, 0.5) is 5.69 Å². The summed E-state index contributed by atoms with van der Waals surface area (Å²) in [6.45, 7) is 0. The minimum absolute atomic E-state index is 0.122. The number of methoxy groups -OCH3 is 1. The first kappa shape index (κ1) is 17.3. The second kappa shape index (κ2) is 7.67. The van der Waals surface area contributed by atoms with Crippen LogP contribution in [0.3, 0.4) is 0 Å². The number of carbonyl (C=O) groups is 1. The van der Waals surface area contributed by atoms with Crippen LogP contribution in [0.1, 0.15) is 34.3 Å². The number of aryl methyl sites for hydroxylation is 2. The number of hydrogen-bond acceptors (Lipinski definition) is 2. The fourth-order valence-electron chi connectivity index (χ4n) is 3.67. The van der Waals surface area contributed by atoms with Gasteiger partial charge in [-0.05, 0) is 72.2 Å². The van der Waals surface area contributed by atoms with Gasteiger partial charge in [0.05, 0.1) is 12.8 Å². The Hall–Kier alpha value is -3.07. The SMILES string of the molecule is COc1cc2c(cc1NC(=O)c1ccc(-c3ccccc3)cc1)CCCC2. The third kappa shape index (κ3) is 3.72. The fraction of sp³-hybridized carbons (Fsp3) is 0.208. The number of carbonyl (C=O) groups excluding carboxylic acids is 1. The van der Waals surface area contributed by atoms with Crippen molar-refractivity contribution < 1.29 is 9.53 Å². The minimum atomic E-state index is -0.122. The highest BCUT2D eigenvalue weighted by Crippen LogP contribution is 2.33. The van der Waals surface area contributed by atoms with Gasteiger partial charge in [0.25, 0.3) is 5.91 Å². The summed E-state index contributed by atoms with van der Waals surface area (Å²) < 4.78 is 5.51. The highest BCUT2D eigenvalue weighted by Gasteiger charge is 2.16. The molecule has 1 aliphatic rings. The zero-order valence-corrected chi connectivity index (χ0v) is 15.5. The van der Waals surface area contributed by atoms with Crippen molar-refractivity contribution in [2.75, 3.05) is 12.4 Å². The van der Waals surface area contributed by atoms with Crippen molar-refractivity contribution in [3.8, 4) is 16.9 Å². The van der Waals surface area contributed by atoms with E-state index in [4.69, 9.17) is 4.74 Å². The quantitative estimate of drug-likeness (QED) is 0.670. The van der Waals surface area contributed by atoms with E-state index in [0.717, 1.165) is 35.4 Å². The smallest absolute Gasteiger partial charge is 0.255 e. The van der Waals surface area contributed by atoms with Crippen LogP contribution in [0.25, 0.3) is 11.1 Å². The zero-order valence-electron chi connectivity index (χ0n) is 15.5. The Bertz CT molecular complexity index is 946. The van der Waals surface area contributed by atoms with E-state index in [-0.39, 0.29) is 5.91 Å². The molecule has 1 aliphatic carbocycles. The molecule has 0 saturated heterocycles. The Balaban J connectivity index is 1.55. The van der Waals surface area contributed by atoms with Gasteiger partial charge in [-0.25, -0.2) is 0 Å². The van der Waals surface area contributed by atoms with Gasteiger partial charge in [-0.3, -0.25) is 4.79 Å². The summed E-state index contributed by atoms with van der Waals surface area (Å²) in [5, 5.41) is 3.02. The van der Waals surface area contributed by atoms with E-state index in [1.165, 1.54) is 24.0 Å². The van der Waals surface area contributed by atoms with Gasteiger partial charge in [0, 0.05) is 5.56 Å². The molecule has 0 aromatic heterocycles. The lowest BCUT2D eigenvalue weighted by molar-refractivity contribution is 0.102. The van der Waals surface area contributed by atoms with E-state index in [9.17, 15) is 4.79 Å². The average Bonchev–Trinajstić information content (AvgIpc) is 2.74. The van der Waals surface area contributed by atoms with Crippen LogP contribution >= 0.6 is 0 Å². The molecular formula is C24H23NO2. The molecule has 0 atom stereocenters. The molecule has 0 saturated carbocycles. The summed E-state index contributed by atoms with van der Waals surface area (Å²) in [6.07, 6.45) is 4.57. The predicted octanol–water partition coefficient (Wildman–Crippen LogP) is 5.49. The monoisotopic (exact) mass is 357 g/mol. The van der Waals surface area contributed by atoms with Gasteiger partial charge in [0.15, 0.2) is 0 Å². The van der Waals surface area contributed by atoms with Gasteiger partial charge < -0.3 is 10.1 Å². The molecule has 4 rings (SSSR count). The largest absolute Gasteiger partial charge is 0.495 e. The second-order valence-electron chi connectivity index (χ2n) is 6.93. The van der Waals surface area contributed by atoms with Crippen LogP contribution in [-0.4, -0.2) is 13.0 Å². The van der Waals surface area contributed by atoms with Crippen molar-refractivity contribution in [1.29, 1.82) is 0 Å². The lowest BCUT2D eigenvalue weighted by Gasteiger charge is -2.19. The van der Waals surface area contributed by atoms with Gasteiger partial charge in [0.1, 0.15) is 5.75 Å². The molecule has 3 aromatic carbocycles. The Morgan fingerprint density at radius 3 is 2.15 bits per heavy atom. The second-order valence-corrected chi connectivity index (χ2v) is 6.93. The number of rotatable bonds is 4. The molecule has 0 unspecified atom stereocenters. The number of fused-ring (bicyclic) bond motifs is 1. The normalized spacial score (nSPS) is 12.9. The van der Waals surface area contributed by atoms with Gasteiger partial charge in [0.2, 0.25) is 0 Å². The highest BCUT2D eigenvalue weighted by molar-refractivity contribution is 6.05. The first-order valence-electron chi connectivity index (χ1n) is 9.41. The molecule has 1 N–H and O–H groups in total. The number of ether oxygens (including phenoxy) is 1. The maximum atomic E-state index is 12.7. The van der Waals surface area contributed by atoms with E-state index < -0.39 is 0 Å². The molecule has 0 fully saturated rings. The van der Waals surface area contributed by atoms with E-state index >= 15 is 0 Å². The molecule has 0 heterocycles. The molecule has 3 nitrogen and oxygen atoms in total. The van der Waals surface area contributed by atoms with Crippen molar-refractivity contribution >= 4 is 11.6 Å². The first-order chi connectivity index (χ1) is 13.2. The number of amides is 1. The van der Waals surface area contributed by atoms with Crippen LogP contribution in [0.15, 0.2) is 66.7 Å². The summed E-state index contributed by atoms with van der Waals surface area (Å²) >= 11 is 0. The zero-order chi connectivity index (χ0) is 18.6. The molecule has 0 radical (unpaired) electrons. The fourth-order valence-corrected chi connectivity index (χ4v) is 3.67. The Morgan fingerprint density at radius 2 is 1.48 bits per heavy atom. The van der Waals surface area contributed by atoms with E-state index in [0.29, 0.717) is 5.56 Å². The number of nitrogens with one attached hydrogen (secondary N) is 1. The van der Waals surface area contributed by atoms with Crippen LogP contribution < -0.4 is 10.1 Å². The Kier molecular flexibility index (Phi) is 4.93. The number of benzene rings is 3. The lowest BCUT2D eigenvalue weighted by atomic mass is 9.91. The summed E-state index contributed by atoms with van der Waals surface area (Å²) in [6, 6.07) is 22.0. The molecule has 136 valence electrons. The van der Waals surface area contributed by atoms with Gasteiger partial charge in [-0.1, -0.05) is 42.5 Å². The van der Waals surface area contributed by atoms with E-state index in [1.807, 2.05) is 42.5 Å². The van der Waals surface area contributed by atoms with Crippen molar-refractivity contribution in [2.45, 2.75) is 25.7 Å². The molecule has 0 bridgehead atoms. The average molecular weight is 357 g/mol. The van der Waals surface area contributed by atoms with E-state index in [2.05, 4.69) is 29.6 Å². The van der Waals surface area contributed by atoms with Crippen molar-refractivity contribution in [2.24, 2.45) is 0 Å². The molecule has 1 amide bonds. The van der Waals surface area contributed by atoms with Crippen molar-refractivity contribution in [1.82, 2.24) is 0 Å².